The van der Waals surface area contributed by atoms with Crippen LogP contribution in [-0.4, -0.2) is 11.9 Å². The Hall–Kier alpha value is -2.13. The summed E-state index contributed by atoms with van der Waals surface area (Å²) < 4.78 is 0. The van der Waals surface area contributed by atoms with E-state index in [1.54, 1.807) is 0 Å². The van der Waals surface area contributed by atoms with E-state index in [1.807, 2.05) is 37.3 Å². The van der Waals surface area contributed by atoms with Crippen molar-refractivity contribution in [3.8, 4) is 0 Å². The van der Waals surface area contributed by atoms with Gasteiger partial charge in [-0.05, 0) is 29.5 Å². The minimum atomic E-state index is -0.273. The summed E-state index contributed by atoms with van der Waals surface area (Å²) in [4.78, 5) is 12.5. The molecular formula is C19H22N2O. The molecule has 0 bridgehead atoms. The number of rotatable bonds is 4. The Labute approximate surface area is 131 Å². The predicted octanol–water partition coefficient (Wildman–Crippen LogP) is 2.61. The number of amides is 1. The molecule has 22 heavy (non-hydrogen) atoms. The van der Waals surface area contributed by atoms with Gasteiger partial charge in [0.05, 0.1) is 5.92 Å². The summed E-state index contributed by atoms with van der Waals surface area (Å²) >= 11 is 0. The molecule has 2 atom stereocenters. The molecule has 1 aliphatic rings. The fraction of sp³-hybridized carbons (Fsp3) is 0.316. The summed E-state index contributed by atoms with van der Waals surface area (Å²) in [5, 5.41) is 3.16. The highest BCUT2D eigenvalue weighted by Gasteiger charge is 2.27. The van der Waals surface area contributed by atoms with E-state index in [2.05, 4.69) is 29.6 Å². The second-order valence-electron chi connectivity index (χ2n) is 6.11. The molecule has 0 spiro atoms. The average Bonchev–Trinajstić information content (AvgIpc) is 2.96. The van der Waals surface area contributed by atoms with Gasteiger partial charge < -0.3 is 11.1 Å². The van der Waals surface area contributed by atoms with Crippen molar-refractivity contribution in [3.05, 3.63) is 71.3 Å². The Morgan fingerprint density at radius 2 is 1.59 bits per heavy atom. The summed E-state index contributed by atoms with van der Waals surface area (Å²) in [5.74, 6) is -0.208. The van der Waals surface area contributed by atoms with Gasteiger partial charge in [0.2, 0.25) is 5.91 Å². The molecule has 0 saturated carbocycles. The molecule has 0 heterocycles. The molecule has 3 N–H and O–H groups in total. The van der Waals surface area contributed by atoms with Crippen LogP contribution in [0.4, 0.5) is 0 Å². The van der Waals surface area contributed by atoms with Crippen LogP contribution >= 0.6 is 0 Å². The van der Waals surface area contributed by atoms with E-state index in [0.29, 0.717) is 0 Å². The first-order valence-electron chi connectivity index (χ1n) is 7.83. The van der Waals surface area contributed by atoms with Gasteiger partial charge in [0.15, 0.2) is 0 Å². The number of carbonyl (C=O) groups is 1. The number of nitrogens with one attached hydrogen (secondary N) is 1. The zero-order valence-electron chi connectivity index (χ0n) is 12.8. The van der Waals surface area contributed by atoms with Crippen LogP contribution in [0.1, 0.15) is 29.7 Å². The lowest BCUT2D eigenvalue weighted by molar-refractivity contribution is -0.125. The monoisotopic (exact) mass is 294 g/mol. The van der Waals surface area contributed by atoms with Crippen LogP contribution in [0.3, 0.4) is 0 Å². The Balaban J connectivity index is 1.61. The van der Waals surface area contributed by atoms with E-state index in [4.69, 9.17) is 5.73 Å². The molecule has 1 aliphatic carbocycles. The molecular weight excluding hydrogens is 272 g/mol. The highest BCUT2D eigenvalue weighted by Crippen LogP contribution is 2.23. The van der Waals surface area contributed by atoms with E-state index in [9.17, 15) is 4.79 Å². The van der Waals surface area contributed by atoms with Crippen LogP contribution in [-0.2, 0) is 17.6 Å². The van der Waals surface area contributed by atoms with Gasteiger partial charge in [0.25, 0.3) is 0 Å². The van der Waals surface area contributed by atoms with Gasteiger partial charge in [0.1, 0.15) is 0 Å². The van der Waals surface area contributed by atoms with Crippen LogP contribution in [0.5, 0.6) is 0 Å². The van der Waals surface area contributed by atoms with Crippen molar-refractivity contribution in [2.75, 3.05) is 0 Å². The lowest BCUT2D eigenvalue weighted by Crippen LogP contribution is -2.41. The number of carbonyl (C=O) groups excluding carboxylic acids is 1. The van der Waals surface area contributed by atoms with Crippen molar-refractivity contribution in [1.82, 2.24) is 5.32 Å². The molecule has 114 valence electrons. The summed E-state index contributed by atoms with van der Waals surface area (Å²) in [5.41, 5.74) is 9.92. The fourth-order valence-electron chi connectivity index (χ4n) is 3.12. The van der Waals surface area contributed by atoms with Crippen LogP contribution in [0.2, 0.25) is 0 Å². The predicted molar refractivity (Wildman–Crippen MR) is 88.3 cm³/mol. The molecule has 2 aromatic carbocycles. The molecule has 2 unspecified atom stereocenters. The quantitative estimate of drug-likeness (QED) is 0.910. The topological polar surface area (TPSA) is 55.1 Å². The first kappa shape index (κ1) is 14.8. The second-order valence-corrected chi connectivity index (χ2v) is 6.11. The van der Waals surface area contributed by atoms with Crippen molar-refractivity contribution in [2.24, 2.45) is 11.7 Å². The normalized spacial score (nSPS) is 16.8. The third-order valence-corrected chi connectivity index (χ3v) is 4.53. The molecule has 0 aliphatic heterocycles. The summed E-state index contributed by atoms with van der Waals surface area (Å²) in [6, 6.07) is 18.1. The number of benzene rings is 2. The van der Waals surface area contributed by atoms with Crippen LogP contribution < -0.4 is 11.1 Å². The maximum atomic E-state index is 12.5. The fourth-order valence-corrected chi connectivity index (χ4v) is 3.12. The van der Waals surface area contributed by atoms with Gasteiger partial charge in [-0.1, -0.05) is 61.5 Å². The van der Waals surface area contributed by atoms with Crippen LogP contribution in [0.25, 0.3) is 0 Å². The number of hydrogen-bond donors (Lipinski definition) is 2. The van der Waals surface area contributed by atoms with Gasteiger partial charge in [-0.25, -0.2) is 0 Å². The zero-order valence-corrected chi connectivity index (χ0v) is 12.8. The van der Waals surface area contributed by atoms with Crippen molar-refractivity contribution in [2.45, 2.75) is 31.8 Å². The van der Waals surface area contributed by atoms with E-state index in [1.165, 1.54) is 11.1 Å². The van der Waals surface area contributed by atoms with Gasteiger partial charge in [-0.15, -0.1) is 0 Å². The second kappa shape index (κ2) is 6.32. The third-order valence-electron chi connectivity index (χ3n) is 4.53. The highest BCUT2D eigenvalue weighted by molar-refractivity contribution is 5.79. The van der Waals surface area contributed by atoms with E-state index in [0.717, 1.165) is 18.4 Å². The van der Waals surface area contributed by atoms with Gasteiger partial charge >= 0.3 is 0 Å². The summed E-state index contributed by atoms with van der Waals surface area (Å²) in [6.07, 6.45) is 1.82. The first-order valence-corrected chi connectivity index (χ1v) is 7.83. The minimum absolute atomic E-state index is 0.0363. The maximum absolute atomic E-state index is 12.5. The Kier molecular flexibility index (Phi) is 4.25. The Morgan fingerprint density at radius 3 is 2.18 bits per heavy atom. The van der Waals surface area contributed by atoms with Gasteiger partial charge in [0, 0.05) is 12.1 Å². The van der Waals surface area contributed by atoms with Crippen molar-refractivity contribution in [1.29, 1.82) is 0 Å². The SMILES string of the molecule is CC(C(=O)NC1Cc2ccccc2C1)C(N)c1ccccc1. The van der Waals surface area contributed by atoms with E-state index < -0.39 is 0 Å². The molecule has 3 nitrogen and oxygen atoms in total. The van der Waals surface area contributed by atoms with Gasteiger partial charge in [-0.3, -0.25) is 4.79 Å². The number of fused-ring (bicyclic) bond motifs is 1. The largest absolute Gasteiger partial charge is 0.352 e. The molecule has 3 heteroatoms. The van der Waals surface area contributed by atoms with Crippen molar-refractivity contribution >= 4 is 5.91 Å². The molecule has 0 radical (unpaired) electrons. The smallest absolute Gasteiger partial charge is 0.224 e. The van der Waals surface area contributed by atoms with E-state index in [-0.39, 0.29) is 23.9 Å². The molecule has 0 aromatic heterocycles. The van der Waals surface area contributed by atoms with Crippen LogP contribution in [0, 0.1) is 5.92 Å². The zero-order chi connectivity index (χ0) is 15.5. The van der Waals surface area contributed by atoms with Crippen LogP contribution in [0.15, 0.2) is 54.6 Å². The Bertz CT molecular complexity index is 628. The Morgan fingerprint density at radius 1 is 1.05 bits per heavy atom. The average molecular weight is 294 g/mol. The van der Waals surface area contributed by atoms with Gasteiger partial charge in [-0.2, -0.15) is 0 Å². The summed E-state index contributed by atoms with van der Waals surface area (Å²) in [7, 11) is 0. The maximum Gasteiger partial charge on any atom is 0.224 e. The van der Waals surface area contributed by atoms with E-state index >= 15 is 0 Å². The number of hydrogen-bond acceptors (Lipinski definition) is 2. The summed E-state index contributed by atoms with van der Waals surface area (Å²) in [6.45, 7) is 1.90. The third kappa shape index (κ3) is 3.04. The highest BCUT2D eigenvalue weighted by atomic mass is 16.1. The van der Waals surface area contributed by atoms with Crippen molar-refractivity contribution < 1.29 is 4.79 Å². The number of nitrogens with two attached hydrogens (primary N) is 1. The standard InChI is InChI=1S/C19H22N2O/c1-13(18(20)14-7-3-2-4-8-14)19(22)21-17-11-15-9-5-6-10-16(15)12-17/h2-10,13,17-18H,11-12,20H2,1H3,(H,21,22). The molecule has 1 amide bonds. The minimum Gasteiger partial charge on any atom is -0.352 e. The van der Waals surface area contributed by atoms with Crippen molar-refractivity contribution in [3.63, 3.8) is 0 Å². The lowest BCUT2D eigenvalue weighted by atomic mass is 9.94. The lowest BCUT2D eigenvalue weighted by Gasteiger charge is -2.22. The molecule has 3 rings (SSSR count). The molecule has 0 fully saturated rings. The molecule has 2 aromatic rings. The first-order chi connectivity index (χ1) is 10.6. The molecule has 0 saturated heterocycles.